The molecule has 0 spiro atoms. The average molecular weight is 264 g/mol. The van der Waals surface area contributed by atoms with Crippen molar-refractivity contribution >= 4 is 0 Å². The van der Waals surface area contributed by atoms with Crippen LogP contribution in [0.25, 0.3) is 0 Å². The van der Waals surface area contributed by atoms with Crippen molar-refractivity contribution in [3.05, 3.63) is 24.0 Å². The number of aromatic nitrogens is 1. The van der Waals surface area contributed by atoms with E-state index in [0.29, 0.717) is 12.6 Å². The molecule has 1 unspecified atom stereocenters. The molecule has 3 heteroatoms. The van der Waals surface area contributed by atoms with Gasteiger partial charge in [0.1, 0.15) is 5.75 Å². The maximum absolute atomic E-state index is 5.54. The molecule has 19 heavy (non-hydrogen) atoms. The second-order valence-corrected chi connectivity index (χ2v) is 6.16. The fraction of sp³-hybridized carbons (Fsp3) is 0.688. The Balaban J connectivity index is 2.86. The van der Waals surface area contributed by atoms with Crippen LogP contribution in [0.5, 0.6) is 5.75 Å². The molecule has 1 rings (SSSR count). The van der Waals surface area contributed by atoms with Crippen LogP contribution in [0.3, 0.4) is 0 Å². The summed E-state index contributed by atoms with van der Waals surface area (Å²) in [6.45, 7) is 12.7. The van der Waals surface area contributed by atoms with E-state index >= 15 is 0 Å². The van der Waals surface area contributed by atoms with Crippen LogP contribution in [0, 0.1) is 5.41 Å². The van der Waals surface area contributed by atoms with E-state index in [4.69, 9.17) is 4.74 Å². The summed E-state index contributed by atoms with van der Waals surface area (Å²) in [7, 11) is 0. The standard InChI is InChI=1S/C16H28N2O/c1-6-8-18-15(10-16(3,4)5)13-9-14(19-7-2)12-17-11-13/h9,11-12,15,18H,6-8,10H2,1-5H3. The molecule has 1 N–H and O–H groups in total. The van der Waals surface area contributed by atoms with Crippen LogP contribution in [0.15, 0.2) is 18.5 Å². The van der Waals surface area contributed by atoms with Crippen LogP contribution in [-0.4, -0.2) is 18.1 Å². The molecule has 0 aliphatic heterocycles. The zero-order valence-corrected chi connectivity index (χ0v) is 13.0. The molecule has 0 bridgehead atoms. The molecule has 3 nitrogen and oxygen atoms in total. The third-order valence-corrected chi connectivity index (χ3v) is 2.90. The van der Waals surface area contributed by atoms with Crippen molar-refractivity contribution in [1.82, 2.24) is 10.3 Å². The average Bonchev–Trinajstić information content (AvgIpc) is 2.34. The van der Waals surface area contributed by atoms with E-state index < -0.39 is 0 Å². The van der Waals surface area contributed by atoms with E-state index in [9.17, 15) is 0 Å². The third kappa shape index (κ3) is 6.06. The summed E-state index contributed by atoms with van der Waals surface area (Å²) in [6, 6.07) is 2.45. The Morgan fingerprint density at radius 3 is 2.58 bits per heavy atom. The van der Waals surface area contributed by atoms with Gasteiger partial charge in [0.25, 0.3) is 0 Å². The van der Waals surface area contributed by atoms with Gasteiger partial charge in [-0.1, -0.05) is 27.7 Å². The smallest absolute Gasteiger partial charge is 0.137 e. The van der Waals surface area contributed by atoms with Crippen LogP contribution in [0.2, 0.25) is 0 Å². The summed E-state index contributed by atoms with van der Waals surface area (Å²) in [5.74, 6) is 0.859. The van der Waals surface area contributed by atoms with Crippen molar-refractivity contribution in [3.8, 4) is 5.75 Å². The first-order chi connectivity index (χ1) is 8.96. The first-order valence-corrected chi connectivity index (χ1v) is 7.27. The lowest BCUT2D eigenvalue weighted by molar-refractivity contribution is 0.308. The second kappa shape index (κ2) is 7.49. The molecule has 108 valence electrons. The van der Waals surface area contributed by atoms with E-state index in [1.54, 1.807) is 6.20 Å². The first-order valence-electron chi connectivity index (χ1n) is 7.27. The SMILES string of the molecule is CCCNC(CC(C)(C)C)c1cncc(OCC)c1. The van der Waals surface area contributed by atoms with Crippen LogP contribution in [0.1, 0.15) is 59.1 Å². The lowest BCUT2D eigenvalue weighted by Crippen LogP contribution is -2.26. The number of nitrogens with zero attached hydrogens (tertiary/aromatic N) is 1. The van der Waals surface area contributed by atoms with E-state index in [-0.39, 0.29) is 5.41 Å². The summed E-state index contributed by atoms with van der Waals surface area (Å²) in [6.07, 6.45) is 5.95. The van der Waals surface area contributed by atoms with Crippen molar-refractivity contribution < 1.29 is 4.74 Å². The molecule has 0 aliphatic carbocycles. The molecule has 1 heterocycles. The maximum Gasteiger partial charge on any atom is 0.137 e. The van der Waals surface area contributed by atoms with Gasteiger partial charge in [0.15, 0.2) is 0 Å². The number of hydrogen-bond donors (Lipinski definition) is 1. The molecular formula is C16H28N2O. The Labute approximate surface area is 117 Å². The highest BCUT2D eigenvalue weighted by atomic mass is 16.5. The molecule has 1 aromatic heterocycles. The fourth-order valence-electron chi connectivity index (χ4n) is 2.11. The molecule has 0 aromatic carbocycles. The minimum absolute atomic E-state index is 0.285. The van der Waals surface area contributed by atoms with Crippen LogP contribution >= 0.6 is 0 Å². The van der Waals surface area contributed by atoms with Crippen molar-refractivity contribution in [2.45, 2.75) is 53.5 Å². The Morgan fingerprint density at radius 2 is 2.00 bits per heavy atom. The Morgan fingerprint density at radius 1 is 1.26 bits per heavy atom. The van der Waals surface area contributed by atoms with Crippen molar-refractivity contribution in [1.29, 1.82) is 0 Å². The highest BCUT2D eigenvalue weighted by Crippen LogP contribution is 2.30. The zero-order valence-electron chi connectivity index (χ0n) is 13.0. The largest absolute Gasteiger partial charge is 0.492 e. The zero-order chi connectivity index (χ0) is 14.3. The second-order valence-electron chi connectivity index (χ2n) is 6.16. The molecule has 1 atom stereocenters. The van der Waals surface area contributed by atoms with Crippen LogP contribution in [-0.2, 0) is 0 Å². The van der Waals surface area contributed by atoms with Gasteiger partial charge < -0.3 is 10.1 Å². The van der Waals surface area contributed by atoms with Crippen molar-refractivity contribution in [3.63, 3.8) is 0 Å². The predicted molar refractivity (Wildman–Crippen MR) is 80.5 cm³/mol. The van der Waals surface area contributed by atoms with E-state index in [2.05, 4.69) is 44.1 Å². The third-order valence-electron chi connectivity index (χ3n) is 2.90. The molecule has 1 aromatic rings. The number of nitrogens with one attached hydrogen (secondary N) is 1. The topological polar surface area (TPSA) is 34.2 Å². The molecule has 0 amide bonds. The number of pyridine rings is 1. The van der Waals surface area contributed by atoms with Gasteiger partial charge in [0.05, 0.1) is 12.8 Å². The normalized spacial score (nSPS) is 13.3. The van der Waals surface area contributed by atoms with Gasteiger partial charge in [0.2, 0.25) is 0 Å². The lowest BCUT2D eigenvalue weighted by atomic mass is 9.86. The lowest BCUT2D eigenvalue weighted by Gasteiger charge is -2.27. The van der Waals surface area contributed by atoms with Crippen LogP contribution in [0.4, 0.5) is 0 Å². The summed E-state index contributed by atoms with van der Waals surface area (Å²) in [5, 5.41) is 3.62. The van der Waals surface area contributed by atoms with E-state index in [1.165, 1.54) is 5.56 Å². The van der Waals surface area contributed by atoms with Crippen LogP contribution < -0.4 is 10.1 Å². The first kappa shape index (κ1) is 16.0. The summed E-state index contributed by atoms with van der Waals surface area (Å²) in [4.78, 5) is 4.30. The van der Waals surface area contributed by atoms with Gasteiger partial charge in [0, 0.05) is 12.2 Å². The molecule has 0 saturated heterocycles. The Kier molecular flexibility index (Phi) is 6.29. The molecular weight excluding hydrogens is 236 g/mol. The fourth-order valence-corrected chi connectivity index (χ4v) is 2.11. The number of hydrogen-bond acceptors (Lipinski definition) is 3. The number of ether oxygens (including phenoxy) is 1. The Hall–Kier alpha value is -1.09. The highest BCUT2D eigenvalue weighted by molar-refractivity contribution is 5.26. The molecule has 0 fully saturated rings. The number of rotatable bonds is 7. The van der Waals surface area contributed by atoms with Gasteiger partial charge in [-0.05, 0) is 43.4 Å². The van der Waals surface area contributed by atoms with E-state index in [1.807, 2.05) is 13.1 Å². The van der Waals surface area contributed by atoms with Gasteiger partial charge in [-0.2, -0.15) is 0 Å². The van der Waals surface area contributed by atoms with Gasteiger partial charge in [-0.15, -0.1) is 0 Å². The quantitative estimate of drug-likeness (QED) is 0.809. The van der Waals surface area contributed by atoms with E-state index in [0.717, 1.165) is 25.1 Å². The predicted octanol–water partition coefficient (Wildman–Crippen LogP) is 3.96. The van der Waals surface area contributed by atoms with Crippen molar-refractivity contribution in [2.24, 2.45) is 5.41 Å². The van der Waals surface area contributed by atoms with Gasteiger partial charge in [-0.3, -0.25) is 4.98 Å². The summed E-state index contributed by atoms with van der Waals surface area (Å²) >= 11 is 0. The molecule has 0 saturated carbocycles. The van der Waals surface area contributed by atoms with Gasteiger partial charge in [-0.25, -0.2) is 0 Å². The molecule has 0 radical (unpaired) electrons. The minimum atomic E-state index is 0.285. The summed E-state index contributed by atoms with van der Waals surface area (Å²) < 4.78 is 5.54. The minimum Gasteiger partial charge on any atom is -0.492 e. The van der Waals surface area contributed by atoms with Crippen molar-refractivity contribution in [2.75, 3.05) is 13.2 Å². The molecule has 0 aliphatic rings. The monoisotopic (exact) mass is 264 g/mol. The Bertz CT molecular complexity index is 371. The maximum atomic E-state index is 5.54. The highest BCUT2D eigenvalue weighted by Gasteiger charge is 2.20. The van der Waals surface area contributed by atoms with Gasteiger partial charge >= 0.3 is 0 Å². The summed E-state index contributed by atoms with van der Waals surface area (Å²) in [5.41, 5.74) is 1.50.